The second-order valence-electron chi connectivity index (χ2n) is 10.1. The minimum Gasteiger partial charge on any atom is -0.496 e. The zero-order valence-electron chi connectivity index (χ0n) is 22.1. The number of hydrogen-bond donors (Lipinski definition) is 1. The van der Waals surface area contributed by atoms with Crippen LogP contribution >= 0.6 is 0 Å². The van der Waals surface area contributed by atoms with Crippen molar-refractivity contribution in [1.29, 1.82) is 0 Å². The second-order valence-corrected chi connectivity index (χ2v) is 10.1. The molecule has 0 saturated carbocycles. The highest BCUT2D eigenvalue weighted by Crippen LogP contribution is 2.42. The van der Waals surface area contributed by atoms with Gasteiger partial charge in [-0.25, -0.2) is 0 Å². The van der Waals surface area contributed by atoms with Crippen molar-refractivity contribution in [2.45, 2.75) is 51.0 Å². The Labute approximate surface area is 223 Å². The zero-order valence-corrected chi connectivity index (χ0v) is 22.1. The number of para-hydroxylation sites is 2. The van der Waals surface area contributed by atoms with E-state index in [0.717, 1.165) is 17.5 Å². The van der Waals surface area contributed by atoms with Gasteiger partial charge in [-0.15, -0.1) is 0 Å². The summed E-state index contributed by atoms with van der Waals surface area (Å²) in [6.07, 6.45) is 0.123. The number of hydrogen-bond acceptors (Lipinski definition) is 5. The number of aryl methyl sites for hydroxylation is 2. The number of amides is 2. The normalized spacial score (nSPS) is 22.2. The summed E-state index contributed by atoms with van der Waals surface area (Å²) in [5, 5.41) is 3.03. The van der Waals surface area contributed by atoms with E-state index in [9.17, 15) is 9.59 Å². The van der Waals surface area contributed by atoms with Gasteiger partial charge in [0.25, 0.3) is 5.91 Å². The van der Waals surface area contributed by atoms with Crippen LogP contribution in [0, 0.1) is 6.92 Å². The molecule has 1 fully saturated rings. The molecule has 2 heterocycles. The molecule has 1 N–H and O–H groups in total. The van der Waals surface area contributed by atoms with Crippen LogP contribution in [0.1, 0.15) is 41.7 Å². The largest absolute Gasteiger partial charge is 0.496 e. The van der Waals surface area contributed by atoms with E-state index in [4.69, 9.17) is 14.2 Å². The quantitative estimate of drug-likeness (QED) is 0.483. The van der Waals surface area contributed by atoms with Crippen molar-refractivity contribution in [2.24, 2.45) is 0 Å². The summed E-state index contributed by atoms with van der Waals surface area (Å²) in [6, 6.07) is 23.3. The van der Waals surface area contributed by atoms with E-state index in [-0.39, 0.29) is 25.0 Å². The molecule has 198 valence electrons. The van der Waals surface area contributed by atoms with Crippen LogP contribution in [0.15, 0.2) is 72.8 Å². The molecule has 0 aliphatic carbocycles. The molecule has 7 nitrogen and oxygen atoms in total. The first-order chi connectivity index (χ1) is 18.4. The monoisotopic (exact) mass is 514 g/mol. The number of rotatable bonds is 8. The van der Waals surface area contributed by atoms with Crippen LogP contribution in [0.25, 0.3) is 0 Å². The first-order valence-electron chi connectivity index (χ1n) is 13.1. The smallest absolute Gasteiger partial charge is 0.267 e. The lowest BCUT2D eigenvalue weighted by Crippen LogP contribution is -2.62. The molecule has 2 aliphatic heterocycles. The Hall–Kier alpha value is -3.84. The van der Waals surface area contributed by atoms with Crippen LogP contribution in [0.5, 0.6) is 11.5 Å². The van der Waals surface area contributed by atoms with Crippen molar-refractivity contribution in [3.05, 3.63) is 95.1 Å². The van der Waals surface area contributed by atoms with E-state index >= 15 is 0 Å². The first-order valence-corrected chi connectivity index (χ1v) is 13.1. The molecule has 38 heavy (non-hydrogen) atoms. The zero-order chi connectivity index (χ0) is 26.7. The van der Waals surface area contributed by atoms with Gasteiger partial charge in [0.15, 0.2) is 0 Å². The number of benzene rings is 3. The van der Waals surface area contributed by atoms with E-state index in [0.29, 0.717) is 24.5 Å². The van der Waals surface area contributed by atoms with Crippen molar-refractivity contribution in [3.8, 4) is 11.5 Å². The summed E-state index contributed by atoms with van der Waals surface area (Å²) in [6.45, 7) is 4.60. The van der Waals surface area contributed by atoms with Gasteiger partial charge in [0.2, 0.25) is 12.0 Å². The van der Waals surface area contributed by atoms with Gasteiger partial charge >= 0.3 is 0 Å². The molecule has 3 aromatic carbocycles. The van der Waals surface area contributed by atoms with Crippen LogP contribution < -0.4 is 14.8 Å². The average molecular weight is 515 g/mol. The second kappa shape index (κ2) is 10.9. The molecule has 2 amide bonds. The Kier molecular flexibility index (Phi) is 7.38. The molecular weight excluding hydrogens is 480 g/mol. The molecule has 0 radical (unpaired) electrons. The number of ether oxygens (including phenoxy) is 3. The molecular formula is C31H34N2O5. The Morgan fingerprint density at radius 3 is 2.53 bits per heavy atom. The van der Waals surface area contributed by atoms with Gasteiger partial charge < -0.3 is 24.4 Å². The molecule has 0 spiro atoms. The molecule has 2 aliphatic rings. The van der Waals surface area contributed by atoms with Crippen LogP contribution in [0.2, 0.25) is 0 Å². The standard InChI is InChI=1S/C31H34N2O5/c1-21-11-4-5-12-22(21)14-10-18-33-29(34)28-27(24-15-7-9-17-26(24)38-28)37-20-31(33,2)30(35)32-19-23-13-6-8-16-25(23)36-3/h4-9,11-13,15-17,27-28H,10,14,18-20H2,1-3H3,(H,32,35). The number of nitrogens with zero attached hydrogens (tertiary/aromatic N) is 1. The van der Waals surface area contributed by atoms with Gasteiger partial charge in [-0.2, -0.15) is 0 Å². The van der Waals surface area contributed by atoms with Crippen LogP contribution in [-0.2, 0) is 27.3 Å². The van der Waals surface area contributed by atoms with Crippen LogP contribution in [0.4, 0.5) is 0 Å². The predicted molar refractivity (Wildman–Crippen MR) is 144 cm³/mol. The van der Waals surface area contributed by atoms with Crippen LogP contribution in [0.3, 0.4) is 0 Å². The molecule has 3 aromatic rings. The van der Waals surface area contributed by atoms with Crippen molar-refractivity contribution in [2.75, 3.05) is 20.3 Å². The molecule has 0 bridgehead atoms. The lowest BCUT2D eigenvalue weighted by atomic mass is 9.97. The van der Waals surface area contributed by atoms with E-state index < -0.39 is 17.7 Å². The fraction of sp³-hybridized carbons (Fsp3) is 0.355. The van der Waals surface area contributed by atoms with Crippen molar-refractivity contribution in [3.63, 3.8) is 0 Å². The summed E-state index contributed by atoms with van der Waals surface area (Å²) in [7, 11) is 1.60. The first kappa shape index (κ1) is 25.8. The van der Waals surface area contributed by atoms with E-state index in [1.165, 1.54) is 11.1 Å². The van der Waals surface area contributed by atoms with Gasteiger partial charge in [0.1, 0.15) is 23.1 Å². The number of fused-ring (bicyclic) bond motifs is 3. The summed E-state index contributed by atoms with van der Waals surface area (Å²) >= 11 is 0. The Morgan fingerprint density at radius 2 is 1.74 bits per heavy atom. The predicted octanol–water partition coefficient (Wildman–Crippen LogP) is 4.37. The maximum atomic E-state index is 14.0. The summed E-state index contributed by atoms with van der Waals surface area (Å²) in [5.41, 5.74) is 2.92. The third-order valence-electron chi connectivity index (χ3n) is 7.61. The maximum absolute atomic E-state index is 14.0. The van der Waals surface area contributed by atoms with Crippen molar-refractivity contribution >= 4 is 11.8 Å². The lowest BCUT2D eigenvalue weighted by Gasteiger charge is -2.38. The topological polar surface area (TPSA) is 77.1 Å². The highest BCUT2D eigenvalue weighted by atomic mass is 16.6. The molecule has 1 saturated heterocycles. The highest BCUT2D eigenvalue weighted by Gasteiger charge is 2.53. The van der Waals surface area contributed by atoms with E-state index in [1.807, 2.05) is 60.7 Å². The maximum Gasteiger partial charge on any atom is 0.267 e. The third kappa shape index (κ3) is 4.86. The molecule has 7 heteroatoms. The van der Waals surface area contributed by atoms with Gasteiger partial charge in [0.05, 0.1) is 13.7 Å². The molecule has 0 aromatic heterocycles. The van der Waals surface area contributed by atoms with Crippen LogP contribution in [-0.4, -0.2) is 48.6 Å². The number of carbonyl (C=O) groups excluding carboxylic acids is 2. The summed E-state index contributed by atoms with van der Waals surface area (Å²) in [5.74, 6) is 0.838. The van der Waals surface area contributed by atoms with E-state index in [1.54, 1.807) is 18.9 Å². The number of carbonyl (C=O) groups is 2. The minimum absolute atomic E-state index is 0.0553. The molecule has 3 atom stereocenters. The third-order valence-corrected chi connectivity index (χ3v) is 7.61. The minimum atomic E-state index is -1.21. The lowest BCUT2D eigenvalue weighted by molar-refractivity contribution is -0.150. The molecule has 3 unspecified atom stereocenters. The molecule has 5 rings (SSSR count). The Bertz CT molecular complexity index is 1320. The SMILES string of the molecule is COc1ccccc1CNC(=O)C1(C)COC2c3ccccc3OC2C(=O)N1CCCc1ccccc1C. The average Bonchev–Trinajstić information content (AvgIpc) is 3.27. The van der Waals surface area contributed by atoms with Gasteiger partial charge in [-0.3, -0.25) is 9.59 Å². The number of methoxy groups -OCH3 is 1. The Balaban J connectivity index is 1.39. The van der Waals surface area contributed by atoms with Crippen molar-refractivity contribution in [1.82, 2.24) is 10.2 Å². The van der Waals surface area contributed by atoms with Crippen molar-refractivity contribution < 1.29 is 23.8 Å². The van der Waals surface area contributed by atoms with Gasteiger partial charge in [-0.1, -0.05) is 60.7 Å². The Morgan fingerprint density at radius 1 is 1.03 bits per heavy atom. The summed E-state index contributed by atoms with van der Waals surface area (Å²) in [4.78, 5) is 29.5. The van der Waals surface area contributed by atoms with Gasteiger partial charge in [0, 0.05) is 24.2 Å². The number of nitrogens with one attached hydrogen (secondary N) is 1. The summed E-state index contributed by atoms with van der Waals surface area (Å²) < 4.78 is 17.8. The fourth-order valence-electron chi connectivity index (χ4n) is 5.35. The van der Waals surface area contributed by atoms with E-state index in [2.05, 4.69) is 24.4 Å². The highest BCUT2D eigenvalue weighted by molar-refractivity contribution is 5.94. The van der Waals surface area contributed by atoms with Gasteiger partial charge in [-0.05, 0) is 49.9 Å². The fourth-order valence-corrected chi connectivity index (χ4v) is 5.35.